The number of amides is 2. The largest absolute Gasteiger partial charge is 0.467 e. The summed E-state index contributed by atoms with van der Waals surface area (Å²) in [5.41, 5.74) is 1.59. The van der Waals surface area contributed by atoms with Crippen molar-refractivity contribution in [3.63, 3.8) is 0 Å². The Bertz CT molecular complexity index is 1080. The van der Waals surface area contributed by atoms with Gasteiger partial charge in [-0.05, 0) is 48.4 Å². The quantitative estimate of drug-likeness (QED) is 0.351. The molecule has 36 heavy (non-hydrogen) atoms. The molecule has 0 atom stereocenters. The summed E-state index contributed by atoms with van der Waals surface area (Å²) in [6.07, 6.45) is 2.39. The zero-order valence-electron chi connectivity index (χ0n) is 20.4. The lowest BCUT2D eigenvalue weighted by molar-refractivity contribution is -0.133. The van der Waals surface area contributed by atoms with E-state index in [2.05, 4.69) is 20.8 Å². The van der Waals surface area contributed by atoms with E-state index in [1.807, 2.05) is 54.6 Å². The van der Waals surface area contributed by atoms with E-state index in [4.69, 9.17) is 9.15 Å². The normalized spacial score (nSPS) is 13.9. The van der Waals surface area contributed by atoms with Crippen molar-refractivity contribution in [2.24, 2.45) is 0 Å². The number of benzene rings is 2. The van der Waals surface area contributed by atoms with Crippen LogP contribution in [0.25, 0.3) is 0 Å². The van der Waals surface area contributed by atoms with Crippen LogP contribution in [0.2, 0.25) is 0 Å². The summed E-state index contributed by atoms with van der Waals surface area (Å²) in [5.74, 6) is 0.444. The highest BCUT2D eigenvalue weighted by molar-refractivity contribution is 9.10. The van der Waals surface area contributed by atoms with Crippen molar-refractivity contribution in [2.45, 2.75) is 19.5 Å². The number of furan rings is 1. The van der Waals surface area contributed by atoms with E-state index in [-0.39, 0.29) is 18.4 Å². The molecule has 0 saturated carbocycles. The second kappa shape index (κ2) is 13.4. The minimum atomic E-state index is -0.143. The second-order valence-corrected chi connectivity index (χ2v) is 9.77. The van der Waals surface area contributed by atoms with Gasteiger partial charge in [-0.15, -0.1) is 0 Å². The Morgan fingerprint density at radius 2 is 1.64 bits per heavy atom. The summed E-state index contributed by atoms with van der Waals surface area (Å²) in [4.78, 5) is 32.8. The van der Waals surface area contributed by atoms with Gasteiger partial charge in [-0.25, -0.2) is 0 Å². The first-order valence-corrected chi connectivity index (χ1v) is 13.1. The first-order chi connectivity index (χ1) is 17.6. The van der Waals surface area contributed by atoms with Crippen LogP contribution in [-0.4, -0.2) is 72.5 Å². The van der Waals surface area contributed by atoms with Crippen LogP contribution in [-0.2, 0) is 22.6 Å². The number of halogens is 1. The standard InChI is InChI=1S/C28H32BrN3O4/c29-25-11-9-24(10-12-25)28(34)31(14-5-13-30-15-18-35-19-16-30)22-27(33)32(21-26-8-4-17-36-26)20-23-6-2-1-3-7-23/h1-4,6-12,17H,5,13-16,18-22H2. The summed E-state index contributed by atoms with van der Waals surface area (Å²) in [6.45, 7) is 5.41. The Kier molecular flexibility index (Phi) is 9.72. The lowest BCUT2D eigenvalue weighted by atomic mass is 10.1. The lowest BCUT2D eigenvalue weighted by Gasteiger charge is -2.30. The highest BCUT2D eigenvalue weighted by Gasteiger charge is 2.24. The van der Waals surface area contributed by atoms with Gasteiger partial charge >= 0.3 is 0 Å². The molecule has 7 nitrogen and oxygen atoms in total. The average molecular weight is 554 g/mol. The topological polar surface area (TPSA) is 66.2 Å². The fourth-order valence-corrected chi connectivity index (χ4v) is 4.49. The van der Waals surface area contributed by atoms with Gasteiger partial charge in [0.15, 0.2) is 0 Å². The minimum absolute atomic E-state index is 0.00551. The van der Waals surface area contributed by atoms with Crippen LogP contribution >= 0.6 is 15.9 Å². The van der Waals surface area contributed by atoms with Gasteiger partial charge in [0, 0.05) is 42.8 Å². The maximum atomic E-state index is 13.6. The molecule has 0 bridgehead atoms. The molecular weight excluding hydrogens is 522 g/mol. The molecular formula is C28H32BrN3O4. The predicted octanol–water partition coefficient (Wildman–Crippen LogP) is 4.44. The smallest absolute Gasteiger partial charge is 0.254 e. The number of ether oxygens (including phenoxy) is 1. The summed E-state index contributed by atoms with van der Waals surface area (Å²) >= 11 is 3.43. The second-order valence-electron chi connectivity index (χ2n) is 8.86. The first-order valence-electron chi connectivity index (χ1n) is 12.3. The maximum Gasteiger partial charge on any atom is 0.254 e. The Morgan fingerprint density at radius 1 is 0.889 bits per heavy atom. The third kappa shape index (κ3) is 7.78. The Hall–Kier alpha value is -2.94. The van der Waals surface area contributed by atoms with Gasteiger partial charge < -0.3 is 19.0 Å². The molecule has 1 fully saturated rings. The third-order valence-electron chi connectivity index (χ3n) is 6.21. The van der Waals surface area contributed by atoms with E-state index >= 15 is 0 Å². The summed E-state index contributed by atoms with van der Waals surface area (Å²) in [7, 11) is 0. The fourth-order valence-electron chi connectivity index (χ4n) is 4.23. The van der Waals surface area contributed by atoms with Gasteiger partial charge in [0.2, 0.25) is 5.91 Å². The van der Waals surface area contributed by atoms with E-state index in [1.165, 1.54) is 0 Å². The van der Waals surface area contributed by atoms with Gasteiger partial charge in [-0.1, -0.05) is 46.3 Å². The van der Waals surface area contributed by atoms with Crippen molar-refractivity contribution in [2.75, 3.05) is 45.9 Å². The molecule has 4 rings (SSSR count). The van der Waals surface area contributed by atoms with Gasteiger partial charge in [-0.2, -0.15) is 0 Å². The zero-order chi connectivity index (χ0) is 25.2. The Balaban J connectivity index is 1.47. The molecule has 0 aliphatic carbocycles. The average Bonchev–Trinajstić information content (AvgIpc) is 3.42. The van der Waals surface area contributed by atoms with Crippen molar-refractivity contribution >= 4 is 27.7 Å². The van der Waals surface area contributed by atoms with E-state index in [0.717, 1.165) is 49.3 Å². The van der Waals surface area contributed by atoms with Gasteiger partial charge in [0.05, 0.1) is 26.0 Å². The van der Waals surface area contributed by atoms with Crippen LogP contribution in [0.1, 0.15) is 28.1 Å². The van der Waals surface area contributed by atoms with Crippen molar-refractivity contribution in [3.05, 3.63) is 94.4 Å². The van der Waals surface area contributed by atoms with Crippen LogP contribution in [0.4, 0.5) is 0 Å². The van der Waals surface area contributed by atoms with Crippen molar-refractivity contribution in [1.82, 2.24) is 14.7 Å². The molecule has 1 saturated heterocycles. The highest BCUT2D eigenvalue weighted by atomic mass is 79.9. The molecule has 1 aromatic heterocycles. The predicted molar refractivity (Wildman–Crippen MR) is 141 cm³/mol. The van der Waals surface area contributed by atoms with Crippen molar-refractivity contribution < 1.29 is 18.7 Å². The molecule has 190 valence electrons. The molecule has 0 radical (unpaired) electrons. The molecule has 0 spiro atoms. The number of carbonyl (C=O) groups excluding carboxylic acids is 2. The maximum absolute atomic E-state index is 13.6. The molecule has 8 heteroatoms. The zero-order valence-corrected chi connectivity index (χ0v) is 21.9. The third-order valence-corrected chi connectivity index (χ3v) is 6.74. The molecule has 2 amide bonds. The highest BCUT2D eigenvalue weighted by Crippen LogP contribution is 2.15. The van der Waals surface area contributed by atoms with Gasteiger partial charge in [-0.3, -0.25) is 14.5 Å². The van der Waals surface area contributed by atoms with Crippen LogP contribution in [0.3, 0.4) is 0 Å². The molecule has 0 unspecified atom stereocenters. The number of nitrogens with zero attached hydrogens (tertiary/aromatic N) is 3. The molecule has 0 N–H and O–H groups in total. The molecule has 3 aromatic rings. The first kappa shape index (κ1) is 26.1. The monoisotopic (exact) mass is 553 g/mol. The van der Waals surface area contributed by atoms with E-state index in [0.29, 0.717) is 31.0 Å². The van der Waals surface area contributed by atoms with Gasteiger partial charge in [0.25, 0.3) is 5.91 Å². The minimum Gasteiger partial charge on any atom is -0.467 e. The number of carbonyl (C=O) groups is 2. The van der Waals surface area contributed by atoms with E-state index < -0.39 is 0 Å². The number of rotatable bonds is 11. The summed E-state index contributed by atoms with van der Waals surface area (Å²) in [5, 5.41) is 0. The Morgan fingerprint density at radius 3 is 2.33 bits per heavy atom. The summed E-state index contributed by atoms with van der Waals surface area (Å²) < 4.78 is 11.9. The fraction of sp³-hybridized carbons (Fsp3) is 0.357. The number of hydrogen-bond donors (Lipinski definition) is 0. The van der Waals surface area contributed by atoms with Crippen molar-refractivity contribution in [3.8, 4) is 0 Å². The van der Waals surface area contributed by atoms with Crippen molar-refractivity contribution in [1.29, 1.82) is 0 Å². The lowest BCUT2D eigenvalue weighted by Crippen LogP contribution is -2.44. The summed E-state index contributed by atoms with van der Waals surface area (Å²) in [6, 6.07) is 20.8. The number of morpholine rings is 1. The van der Waals surface area contributed by atoms with Crippen LogP contribution < -0.4 is 0 Å². The number of hydrogen-bond acceptors (Lipinski definition) is 5. The van der Waals surface area contributed by atoms with E-state index in [9.17, 15) is 9.59 Å². The van der Waals surface area contributed by atoms with Gasteiger partial charge in [0.1, 0.15) is 12.3 Å². The molecule has 2 heterocycles. The SMILES string of the molecule is O=C(CN(CCCN1CCOCC1)C(=O)c1ccc(Br)cc1)N(Cc1ccccc1)Cc1ccco1. The molecule has 1 aliphatic heterocycles. The van der Waals surface area contributed by atoms with E-state index in [1.54, 1.807) is 28.2 Å². The van der Waals surface area contributed by atoms with Crippen LogP contribution in [0, 0.1) is 0 Å². The molecule has 2 aromatic carbocycles. The van der Waals surface area contributed by atoms with Crippen LogP contribution in [0.15, 0.2) is 81.9 Å². The molecule has 1 aliphatic rings. The Labute approximate surface area is 220 Å². The van der Waals surface area contributed by atoms with Crippen LogP contribution in [0.5, 0.6) is 0 Å².